The Kier molecular flexibility index (Phi) is 3.31. The lowest BCUT2D eigenvalue weighted by molar-refractivity contribution is 0.102. The molecule has 0 spiro atoms. The van der Waals surface area contributed by atoms with E-state index in [0.29, 0.717) is 0 Å². The molecule has 0 aliphatic heterocycles. The maximum Gasteiger partial charge on any atom is 0.277 e. The Labute approximate surface area is 100 Å². The molecule has 1 amide bonds. The molecule has 0 fully saturated rings. The fourth-order valence-electron chi connectivity index (χ4n) is 1.24. The van der Waals surface area contributed by atoms with Crippen LogP contribution in [0.3, 0.4) is 0 Å². The molecule has 2 N–H and O–H groups in total. The van der Waals surface area contributed by atoms with Gasteiger partial charge in [0.25, 0.3) is 5.91 Å². The molecule has 0 radical (unpaired) electrons. The van der Waals surface area contributed by atoms with Crippen molar-refractivity contribution in [1.29, 1.82) is 0 Å². The highest BCUT2D eigenvalue weighted by atomic mass is 79.9. The van der Waals surface area contributed by atoms with Gasteiger partial charge in [0.15, 0.2) is 5.69 Å². The molecule has 0 unspecified atom stereocenters. The molecule has 0 atom stereocenters. The molecule has 0 saturated carbocycles. The molecular formula is C10H9BrN4O. The van der Waals surface area contributed by atoms with Gasteiger partial charge in [-0.1, -0.05) is 28.1 Å². The van der Waals surface area contributed by atoms with E-state index in [1.807, 2.05) is 24.3 Å². The Morgan fingerprint density at radius 1 is 1.50 bits per heavy atom. The van der Waals surface area contributed by atoms with Crippen molar-refractivity contribution < 1.29 is 4.79 Å². The number of rotatable bonds is 3. The number of H-pyrrole nitrogens is 1. The Morgan fingerprint density at radius 3 is 3.06 bits per heavy atom. The number of hydrogen-bond donors (Lipinski definition) is 2. The summed E-state index contributed by atoms with van der Waals surface area (Å²) in [7, 11) is 0. The molecule has 6 heteroatoms. The third kappa shape index (κ3) is 2.46. The van der Waals surface area contributed by atoms with E-state index in [4.69, 9.17) is 0 Å². The average molecular weight is 281 g/mol. The van der Waals surface area contributed by atoms with Crippen molar-refractivity contribution in [1.82, 2.24) is 15.4 Å². The van der Waals surface area contributed by atoms with E-state index in [-0.39, 0.29) is 11.6 Å². The number of halogens is 1. The summed E-state index contributed by atoms with van der Waals surface area (Å²) in [6.45, 7) is 0. The Morgan fingerprint density at radius 2 is 2.38 bits per heavy atom. The van der Waals surface area contributed by atoms with Crippen LogP contribution in [0.1, 0.15) is 16.1 Å². The second-order valence-corrected chi connectivity index (χ2v) is 3.70. The van der Waals surface area contributed by atoms with Crippen LogP contribution in [0.25, 0.3) is 0 Å². The summed E-state index contributed by atoms with van der Waals surface area (Å²) in [6.07, 6.45) is 1.38. The monoisotopic (exact) mass is 280 g/mol. The number of nitrogens with one attached hydrogen (secondary N) is 2. The van der Waals surface area contributed by atoms with Gasteiger partial charge in [0.1, 0.15) is 0 Å². The van der Waals surface area contributed by atoms with Crippen LogP contribution in [-0.4, -0.2) is 21.3 Å². The number of amides is 1. The summed E-state index contributed by atoms with van der Waals surface area (Å²) in [4.78, 5) is 11.6. The number of benzene rings is 1. The zero-order valence-corrected chi connectivity index (χ0v) is 9.86. The number of aromatic nitrogens is 3. The first-order valence-electron chi connectivity index (χ1n) is 4.61. The maximum atomic E-state index is 11.6. The molecule has 16 heavy (non-hydrogen) atoms. The first-order valence-corrected chi connectivity index (χ1v) is 5.74. The molecule has 5 nitrogen and oxygen atoms in total. The highest BCUT2D eigenvalue weighted by Crippen LogP contribution is 2.13. The minimum atomic E-state index is -0.277. The second kappa shape index (κ2) is 4.89. The van der Waals surface area contributed by atoms with Gasteiger partial charge in [-0.15, -0.1) is 0 Å². The van der Waals surface area contributed by atoms with Crippen LogP contribution < -0.4 is 5.32 Å². The van der Waals surface area contributed by atoms with E-state index in [1.165, 1.54) is 6.20 Å². The smallest absolute Gasteiger partial charge is 0.277 e. The lowest BCUT2D eigenvalue weighted by Gasteiger charge is -2.04. The number of aromatic amines is 1. The van der Waals surface area contributed by atoms with E-state index in [1.54, 1.807) is 0 Å². The Bertz CT molecular complexity index is 483. The van der Waals surface area contributed by atoms with Gasteiger partial charge in [0, 0.05) is 11.0 Å². The molecule has 1 aromatic heterocycles. The minimum Gasteiger partial charge on any atom is -0.321 e. The zero-order valence-electron chi connectivity index (χ0n) is 8.27. The van der Waals surface area contributed by atoms with Gasteiger partial charge >= 0.3 is 0 Å². The van der Waals surface area contributed by atoms with Gasteiger partial charge < -0.3 is 5.32 Å². The third-order valence-electron chi connectivity index (χ3n) is 1.99. The summed E-state index contributed by atoms with van der Waals surface area (Å²) >= 11 is 3.36. The topological polar surface area (TPSA) is 70.7 Å². The normalized spacial score (nSPS) is 10.1. The van der Waals surface area contributed by atoms with E-state index < -0.39 is 0 Å². The van der Waals surface area contributed by atoms with Gasteiger partial charge in [0.05, 0.1) is 6.20 Å². The Hall–Kier alpha value is -1.69. The first kappa shape index (κ1) is 10.8. The van der Waals surface area contributed by atoms with Gasteiger partial charge in [0.2, 0.25) is 0 Å². The van der Waals surface area contributed by atoms with Crippen LogP contribution in [-0.2, 0) is 5.33 Å². The largest absolute Gasteiger partial charge is 0.321 e. The summed E-state index contributed by atoms with van der Waals surface area (Å²) < 4.78 is 0. The van der Waals surface area contributed by atoms with E-state index >= 15 is 0 Å². The van der Waals surface area contributed by atoms with Crippen LogP contribution in [0.4, 0.5) is 5.69 Å². The number of anilines is 1. The number of carbonyl (C=O) groups excluding carboxylic acids is 1. The summed E-state index contributed by atoms with van der Waals surface area (Å²) in [5.41, 5.74) is 2.10. The number of hydrogen-bond acceptors (Lipinski definition) is 3. The molecule has 0 bridgehead atoms. The molecule has 1 aromatic carbocycles. The van der Waals surface area contributed by atoms with Crippen LogP contribution in [0, 0.1) is 0 Å². The molecule has 2 rings (SSSR count). The molecule has 0 aliphatic carbocycles. The van der Waals surface area contributed by atoms with Crippen LogP contribution in [0.15, 0.2) is 30.5 Å². The SMILES string of the molecule is O=C(Nc1cccc(CBr)c1)c1cn[nH]n1. The van der Waals surface area contributed by atoms with E-state index in [2.05, 4.69) is 36.7 Å². The van der Waals surface area contributed by atoms with E-state index in [0.717, 1.165) is 16.6 Å². The lowest BCUT2D eigenvalue weighted by Crippen LogP contribution is -2.12. The highest BCUT2D eigenvalue weighted by Gasteiger charge is 2.08. The van der Waals surface area contributed by atoms with Crippen molar-refractivity contribution in [3.63, 3.8) is 0 Å². The van der Waals surface area contributed by atoms with Gasteiger partial charge in [-0.05, 0) is 17.7 Å². The highest BCUT2D eigenvalue weighted by molar-refractivity contribution is 9.08. The predicted molar refractivity (Wildman–Crippen MR) is 63.4 cm³/mol. The molecule has 0 aliphatic rings. The van der Waals surface area contributed by atoms with Gasteiger partial charge in [-0.2, -0.15) is 15.4 Å². The van der Waals surface area contributed by atoms with Gasteiger partial charge in [-0.25, -0.2) is 0 Å². The molecule has 2 aromatic rings. The molecular weight excluding hydrogens is 272 g/mol. The lowest BCUT2D eigenvalue weighted by atomic mass is 10.2. The third-order valence-corrected chi connectivity index (χ3v) is 2.63. The van der Waals surface area contributed by atoms with Crippen molar-refractivity contribution in [3.05, 3.63) is 41.7 Å². The molecule has 82 valence electrons. The first-order chi connectivity index (χ1) is 7.79. The molecule has 1 heterocycles. The second-order valence-electron chi connectivity index (χ2n) is 3.14. The van der Waals surface area contributed by atoms with Crippen LogP contribution >= 0.6 is 15.9 Å². The number of carbonyl (C=O) groups is 1. The van der Waals surface area contributed by atoms with Crippen molar-refractivity contribution in [2.45, 2.75) is 5.33 Å². The minimum absolute atomic E-state index is 0.268. The quantitative estimate of drug-likeness (QED) is 0.845. The van der Waals surface area contributed by atoms with Gasteiger partial charge in [-0.3, -0.25) is 4.79 Å². The van der Waals surface area contributed by atoms with Crippen LogP contribution in [0.5, 0.6) is 0 Å². The average Bonchev–Trinajstić information content (AvgIpc) is 2.83. The summed E-state index contributed by atoms with van der Waals surface area (Å²) in [6, 6.07) is 7.58. The number of nitrogens with zero attached hydrogens (tertiary/aromatic N) is 2. The maximum absolute atomic E-state index is 11.6. The summed E-state index contributed by atoms with van der Waals surface area (Å²) in [5, 5.41) is 13.1. The van der Waals surface area contributed by atoms with Crippen molar-refractivity contribution in [2.24, 2.45) is 0 Å². The standard InChI is InChI=1S/C10H9BrN4O/c11-5-7-2-1-3-8(4-7)13-10(16)9-6-12-15-14-9/h1-4,6H,5H2,(H,13,16)(H,12,14,15). The fourth-order valence-corrected chi connectivity index (χ4v) is 1.59. The number of alkyl halides is 1. The van der Waals surface area contributed by atoms with Crippen LogP contribution in [0.2, 0.25) is 0 Å². The summed E-state index contributed by atoms with van der Waals surface area (Å²) in [5.74, 6) is -0.277. The zero-order chi connectivity index (χ0) is 11.4. The van der Waals surface area contributed by atoms with Crippen molar-refractivity contribution >= 4 is 27.5 Å². The van der Waals surface area contributed by atoms with Crippen molar-refractivity contribution in [3.8, 4) is 0 Å². The predicted octanol–water partition coefficient (Wildman–Crippen LogP) is 1.95. The molecule has 0 saturated heterocycles. The Balaban J connectivity index is 2.12. The fraction of sp³-hybridized carbons (Fsp3) is 0.100. The van der Waals surface area contributed by atoms with Crippen molar-refractivity contribution in [2.75, 3.05) is 5.32 Å². The van der Waals surface area contributed by atoms with E-state index in [9.17, 15) is 4.79 Å².